The molecule has 1 saturated heterocycles. The summed E-state index contributed by atoms with van der Waals surface area (Å²) < 4.78 is 1.70. The van der Waals surface area contributed by atoms with Crippen molar-refractivity contribution in [2.45, 2.75) is 31.1 Å². The third-order valence-corrected chi connectivity index (χ3v) is 5.89. The van der Waals surface area contributed by atoms with Crippen LogP contribution in [-0.2, 0) is 6.54 Å². The van der Waals surface area contributed by atoms with Gasteiger partial charge >= 0.3 is 0 Å². The number of hydrogen-bond acceptors (Lipinski definition) is 3. The molecule has 1 aromatic heterocycles. The maximum Gasteiger partial charge on any atom is 0.0701 e. The number of halogens is 1. The number of nitrogens with one attached hydrogen (secondary N) is 1. The summed E-state index contributed by atoms with van der Waals surface area (Å²) in [6, 6.07) is 4.31. The quantitative estimate of drug-likeness (QED) is 0.906. The molecular formula is C11H16BrNS2. The molecule has 0 amide bonds. The Morgan fingerprint density at radius 1 is 1.53 bits per heavy atom. The van der Waals surface area contributed by atoms with Gasteiger partial charge in [0.25, 0.3) is 0 Å². The smallest absolute Gasteiger partial charge is 0.0701 e. The van der Waals surface area contributed by atoms with E-state index < -0.39 is 0 Å². The van der Waals surface area contributed by atoms with Gasteiger partial charge in [-0.15, -0.1) is 11.3 Å². The van der Waals surface area contributed by atoms with Gasteiger partial charge < -0.3 is 5.32 Å². The lowest BCUT2D eigenvalue weighted by atomic mass is 10.1. The molecule has 1 aliphatic rings. The zero-order valence-electron chi connectivity index (χ0n) is 8.88. The summed E-state index contributed by atoms with van der Waals surface area (Å²) in [5.41, 5.74) is 0. The molecule has 15 heavy (non-hydrogen) atoms. The van der Waals surface area contributed by atoms with Gasteiger partial charge in [-0.05, 0) is 53.6 Å². The van der Waals surface area contributed by atoms with Crippen molar-refractivity contribution in [3.8, 4) is 0 Å². The van der Waals surface area contributed by atoms with Gasteiger partial charge in [-0.25, -0.2) is 0 Å². The molecule has 0 aliphatic carbocycles. The Morgan fingerprint density at radius 3 is 3.00 bits per heavy atom. The highest BCUT2D eigenvalue weighted by molar-refractivity contribution is 9.11. The van der Waals surface area contributed by atoms with E-state index in [0.717, 1.165) is 13.1 Å². The second-order valence-corrected chi connectivity index (χ2v) is 8.44. The molecule has 1 fully saturated rings. The van der Waals surface area contributed by atoms with E-state index in [4.69, 9.17) is 0 Å². The highest BCUT2D eigenvalue weighted by Crippen LogP contribution is 2.37. The summed E-state index contributed by atoms with van der Waals surface area (Å²) in [6.07, 6.45) is 2.74. The molecule has 2 heterocycles. The Morgan fingerprint density at radius 2 is 2.40 bits per heavy atom. The van der Waals surface area contributed by atoms with Crippen LogP contribution in [0, 0.1) is 0 Å². The average molecular weight is 306 g/mol. The molecule has 0 spiro atoms. The van der Waals surface area contributed by atoms with E-state index in [2.05, 4.69) is 52.1 Å². The molecule has 4 heteroatoms. The second-order valence-electron chi connectivity index (χ2n) is 4.21. The standard InChI is InChI=1S/C11H16BrNS2/c1-11(5-2-6-14-11)8-13-7-9-3-4-10(12)15-9/h3-4,13H,2,5-8H2,1H3. The van der Waals surface area contributed by atoms with Crippen LogP contribution in [0.4, 0.5) is 0 Å². The second kappa shape index (κ2) is 5.21. The van der Waals surface area contributed by atoms with E-state index in [1.807, 2.05) is 11.3 Å². The minimum absolute atomic E-state index is 0.481. The van der Waals surface area contributed by atoms with Crippen LogP contribution in [0.3, 0.4) is 0 Å². The van der Waals surface area contributed by atoms with Crippen LogP contribution in [-0.4, -0.2) is 17.0 Å². The van der Waals surface area contributed by atoms with Crippen molar-refractivity contribution in [2.75, 3.05) is 12.3 Å². The first-order chi connectivity index (χ1) is 7.18. The molecule has 1 atom stereocenters. The van der Waals surface area contributed by atoms with Crippen LogP contribution >= 0.6 is 39.0 Å². The van der Waals surface area contributed by atoms with Crippen LogP contribution < -0.4 is 5.32 Å². The summed E-state index contributed by atoms with van der Waals surface area (Å²) in [6.45, 7) is 4.52. The first-order valence-electron chi connectivity index (χ1n) is 5.27. The van der Waals surface area contributed by atoms with Crippen LogP contribution in [0.2, 0.25) is 0 Å². The van der Waals surface area contributed by atoms with Crippen molar-refractivity contribution in [2.24, 2.45) is 0 Å². The Kier molecular flexibility index (Phi) is 4.16. The molecule has 0 radical (unpaired) electrons. The van der Waals surface area contributed by atoms with E-state index in [1.165, 1.54) is 27.3 Å². The number of thiophene rings is 1. The molecule has 0 saturated carbocycles. The number of thioether (sulfide) groups is 1. The fraction of sp³-hybridized carbons (Fsp3) is 0.636. The summed E-state index contributed by atoms with van der Waals surface area (Å²) in [5, 5.41) is 3.57. The first-order valence-corrected chi connectivity index (χ1v) is 7.86. The van der Waals surface area contributed by atoms with E-state index in [-0.39, 0.29) is 0 Å². The summed E-state index contributed by atoms with van der Waals surface area (Å²) in [5.74, 6) is 1.34. The lowest BCUT2D eigenvalue weighted by Gasteiger charge is -2.22. The predicted molar refractivity (Wildman–Crippen MR) is 73.8 cm³/mol. The zero-order valence-corrected chi connectivity index (χ0v) is 12.1. The Hall–Kier alpha value is 0.490. The summed E-state index contributed by atoms with van der Waals surface area (Å²) in [4.78, 5) is 1.41. The van der Waals surface area contributed by atoms with Crippen LogP contribution in [0.1, 0.15) is 24.6 Å². The third-order valence-electron chi connectivity index (χ3n) is 2.73. The van der Waals surface area contributed by atoms with E-state index in [1.54, 1.807) is 0 Å². The molecule has 1 aromatic rings. The van der Waals surface area contributed by atoms with Crippen molar-refractivity contribution < 1.29 is 0 Å². The largest absolute Gasteiger partial charge is 0.310 e. The minimum atomic E-state index is 0.481. The van der Waals surface area contributed by atoms with Crippen LogP contribution in [0.5, 0.6) is 0 Å². The molecule has 1 N–H and O–H groups in total. The molecule has 84 valence electrons. The number of hydrogen-bond donors (Lipinski definition) is 1. The fourth-order valence-electron chi connectivity index (χ4n) is 1.87. The Labute approximate surface area is 108 Å². The normalized spacial score (nSPS) is 26.0. The highest BCUT2D eigenvalue weighted by Gasteiger charge is 2.28. The maximum atomic E-state index is 3.57. The first kappa shape index (κ1) is 12.0. The van der Waals surface area contributed by atoms with Gasteiger partial charge in [-0.1, -0.05) is 0 Å². The lowest BCUT2D eigenvalue weighted by molar-refractivity contribution is 0.539. The van der Waals surface area contributed by atoms with Crippen molar-refractivity contribution >= 4 is 39.0 Å². The van der Waals surface area contributed by atoms with E-state index in [0.29, 0.717) is 4.75 Å². The lowest BCUT2D eigenvalue weighted by Crippen LogP contribution is -2.32. The molecule has 0 bridgehead atoms. The summed E-state index contributed by atoms with van der Waals surface area (Å²) >= 11 is 7.42. The average Bonchev–Trinajstić information content (AvgIpc) is 2.76. The molecule has 1 nitrogen and oxygen atoms in total. The van der Waals surface area contributed by atoms with Crippen LogP contribution in [0.15, 0.2) is 15.9 Å². The van der Waals surface area contributed by atoms with Gasteiger partial charge in [0.1, 0.15) is 0 Å². The maximum absolute atomic E-state index is 3.57. The Bertz CT molecular complexity index is 318. The molecular weight excluding hydrogens is 290 g/mol. The van der Waals surface area contributed by atoms with Crippen LogP contribution in [0.25, 0.3) is 0 Å². The topological polar surface area (TPSA) is 12.0 Å². The van der Waals surface area contributed by atoms with E-state index >= 15 is 0 Å². The zero-order chi connectivity index (χ0) is 10.7. The van der Waals surface area contributed by atoms with Crippen molar-refractivity contribution in [3.05, 3.63) is 20.8 Å². The van der Waals surface area contributed by atoms with Gasteiger partial charge in [0.2, 0.25) is 0 Å². The van der Waals surface area contributed by atoms with Gasteiger partial charge in [-0.3, -0.25) is 0 Å². The predicted octanol–water partition coefficient (Wildman–Crippen LogP) is 3.89. The van der Waals surface area contributed by atoms with Crippen molar-refractivity contribution in [1.82, 2.24) is 5.32 Å². The van der Waals surface area contributed by atoms with Gasteiger partial charge in [0.05, 0.1) is 3.79 Å². The van der Waals surface area contributed by atoms with Crippen molar-refractivity contribution in [3.63, 3.8) is 0 Å². The Balaban J connectivity index is 1.75. The minimum Gasteiger partial charge on any atom is -0.310 e. The molecule has 2 rings (SSSR count). The van der Waals surface area contributed by atoms with Crippen molar-refractivity contribution in [1.29, 1.82) is 0 Å². The SMILES string of the molecule is CC1(CNCc2ccc(Br)s2)CCCS1. The molecule has 1 unspecified atom stereocenters. The van der Waals surface area contributed by atoms with Gasteiger partial charge in [-0.2, -0.15) is 11.8 Å². The highest BCUT2D eigenvalue weighted by atomic mass is 79.9. The monoisotopic (exact) mass is 305 g/mol. The molecule has 1 aliphatic heterocycles. The van der Waals surface area contributed by atoms with E-state index in [9.17, 15) is 0 Å². The molecule has 0 aromatic carbocycles. The summed E-state index contributed by atoms with van der Waals surface area (Å²) in [7, 11) is 0. The van der Waals surface area contributed by atoms with Gasteiger partial charge in [0, 0.05) is 22.7 Å². The fourth-order valence-corrected chi connectivity index (χ4v) is 4.60. The van der Waals surface area contributed by atoms with Gasteiger partial charge in [0.15, 0.2) is 0 Å². The number of rotatable bonds is 4. The third kappa shape index (κ3) is 3.48.